The number of rotatable bonds is 8. The molecule has 0 bridgehead atoms. The predicted molar refractivity (Wildman–Crippen MR) is 243 cm³/mol. The third kappa shape index (κ3) is 11.5. The van der Waals surface area contributed by atoms with Crippen LogP contribution in [-0.4, -0.2) is 44.2 Å². The molecule has 5 aromatic heterocycles. The quantitative estimate of drug-likeness (QED) is 0.110. The van der Waals surface area contributed by atoms with Gasteiger partial charge >= 0.3 is 0 Å². The zero-order chi connectivity index (χ0) is 41.5. The summed E-state index contributed by atoms with van der Waals surface area (Å²) in [6, 6.07) is 34.1. The first-order chi connectivity index (χ1) is 29.5. The number of hydrogen-bond acceptors (Lipinski definition) is 9. The maximum Gasteiger partial charge on any atom is 0.136 e. The summed E-state index contributed by atoms with van der Waals surface area (Å²) in [7, 11) is 0. The summed E-state index contributed by atoms with van der Waals surface area (Å²) < 4.78 is 6.52. The van der Waals surface area contributed by atoms with Crippen LogP contribution >= 0.6 is 0 Å². The van der Waals surface area contributed by atoms with Crippen LogP contribution in [0, 0.1) is 18.3 Å². The maximum absolute atomic E-state index is 10.1. The number of allylic oxidation sites excluding steroid dienone is 5. The van der Waals surface area contributed by atoms with Gasteiger partial charge in [-0.1, -0.05) is 24.3 Å². The fourth-order valence-electron chi connectivity index (χ4n) is 7.12. The number of aryl methyl sites for hydroxylation is 1. The van der Waals surface area contributed by atoms with Crippen LogP contribution in [0.5, 0.6) is 5.75 Å². The molecule has 1 aliphatic carbocycles. The average Bonchev–Trinajstić information content (AvgIpc) is 3.32. The molecule has 2 aliphatic heterocycles. The SMILES string of the molecule is C1=NC(c2ccccn2)=CCC1.CCN(CC)c1ccc2c(c1)OC1=C(/C=C(\C#N)c3ccnc(-c4cc(C)ccn4)c3)CCCC1=C2.[Ru].c1ccc(-c2ccccn2)nc1. The van der Waals surface area contributed by atoms with Gasteiger partial charge in [-0.15, -0.1) is 0 Å². The van der Waals surface area contributed by atoms with E-state index in [0.717, 1.165) is 119 Å². The van der Waals surface area contributed by atoms with Crippen LogP contribution in [0.1, 0.15) is 68.3 Å². The molecule has 61 heavy (non-hydrogen) atoms. The van der Waals surface area contributed by atoms with E-state index in [1.807, 2.05) is 98.1 Å². The second kappa shape index (κ2) is 22.1. The standard InChI is InChI=1S/C31H30N4O.C10H10N2.C10H8N2.Ru/c1-4-35(5-2)27-10-9-23-16-24-7-6-8-25(31(24)36-30(23)19-27)17-26(20-32)22-12-14-34-29(18-22)28-15-21(3)11-13-33-28;2*1-3-7-11-9(5-1)10-6-2-4-8-12-10;/h9-19H,4-8H2,1-3H3;1,3,5-8H,2,4H2;1-8H;/b26-17+;;;. The molecule has 0 atom stereocenters. The maximum atomic E-state index is 10.1. The summed E-state index contributed by atoms with van der Waals surface area (Å²) in [4.78, 5) is 28.1. The summed E-state index contributed by atoms with van der Waals surface area (Å²) in [5.41, 5.74) is 12.4. The van der Waals surface area contributed by atoms with Crippen molar-refractivity contribution in [1.29, 1.82) is 5.26 Å². The van der Waals surface area contributed by atoms with Crippen molar-refractivity contribution >= 4 is 29.2 Å². The van der Waals surface area contributed by atoms with E-state index in [4.69, 9.17) is 4.74 Å². The molecule has 9 nitrogen and oxygen atoms in total. The Morgan fingerprint density at radius 2 is 1.38 bits per heavy atom. The largest absolute Gasteiger partial charge is 0.456 e. The van der Waals surface area contributed by atoms with Gasteiger partial charge in [0, 0.05) is 87.1 Å². The van der Waals surface area contributed by atoms with Gasteiger partial charge in [-0.2, -0.15) is 5.26 Å². The molecule has 1 aromatic carbocycles. The Labute approximate surface area is 371 Å². The Kier molecular flexibility index (Phi) is 15.9. The molecule has 9 rings (SSSR count). The number of nitrogens with zero attached hydrogens (tertiary/aromatic N) is 8. The van der Waals surface area contributed by atoms with E-state index in [1.165, 1.54) is 5.57 Å². The molecule has 0 radical (unpaired) electrons. The summed E-state index contributed by atoms with van der Waals surface area (Å²) in [6.45, 7) is 8.26. The van der Waals surface area contributed by atoms with E-state index >= 15 is 0 Å². The number of benzene rings is 1. The normalized spacial score (nSPS) is 13.8. The molecule has 306 valence electrons. The Hall–Kier alpha value is -6.69. The number of hydrogen-bond donors (Lipinski definition) is 0. The predicted octanol–water partition coefficient (Wildman–Crippen LogP) is 11.5. The van der Waals surface area contributed by atoms with Gasteiger partial charge in [0.05, 0.1) is 45.8 Å². The molecule has 0 N–H and O–H groups in total. The topological polar surface area (TPSA) is 113 Å². The molecule has 0 amide bonds. The van der Waals surface area contributed by atoms with E-state index in [9.17, 15) is 5.26 Å². The van der Waals surface area contributed by atoms with Gasteiger partial charge in [0.15, 0.2) is 0 Å². The third-order valence-electron chi connectivity index (χ3n) is 10.2. The summed E-state index contributed by atoms with van der Waals surface area (Å²) >= 11 is 0. The fourth-order valence-corrected chi connectivity index (χ4v) is 7.12. The van der Waals surface area contributed by atoms with Gasteiger partial charge in [0.1, 0.15) is 11.5 Å². The van der Waals surface area contributed by atoms with Crippen LogP contribution in [0.15, 0.2) is 162 Å². The Balaban J connectivity index is 0.000000201. The first kappa shape index (κ1) is 43.9. The molecule has 0 fully saturated rings. The smallest absolute Gasteiger partial charge is 0.136 e. The third-order valence-corrected chi connectivity index (χ3v) is 10.2. The molecule has 0 saturated heterocycles. The van der Waals surface area contributed by atoms with Crippen molar-refractivity contribution in [1.82, 2.24) is 24.9 Å². The van der Waals surface area contributed by atoms with Crippen LogP contribution in [0.2, 0.25) is 0 Å². The van der Waals surface area contributed by atoms with Gasteiger partial charge in [0.25, 0.3) is 0 Å². The molecule has 0 spiro atoms. The minimum absolute atomic E-state index is 0. The van der Waals surface area contributed by atoms with Crippen LogP contribution in [0.4, 0.5) is 5.69 Å². The zero-order valence-corrected chi connectivity index (χ0v) is 36.5. The zero-order valence-electron chi connectivity index (χ0n) is 34.7. The summed E-state index contributed by atoms with van der Waals surface area (Å²) in [6.07, 6.45) is 22.2. The Morgan fingerprint density at radius 1 is 0.721 bits per heavy atom. The van der Waals surface area contributed by atoms with E-state index in [-0.39, 0.29) is 19.5 Å². The summed E-state index contributed by atoms with van der Waals surface area (Å²) in [5.74, 6) is 1.77. The molecule has 3 aliphatic rings. The van der Waals surface area contributed by atoms with Crippen molar-refractivity contribution in [2.45, 2.75) is 52.9 Å². The van der Waals surface area contributed by atoms with E-state index in [2.05, 4.69) is 85.1 Å². The minimum atomic E-state index is 0. The van der Waals surface area contributed by atoms with Gasteiger partial charge in [-0.3, -0.25) is 29.9 Å². The number of anilines is 1. The van der Waals surface area contributed by atoms with E-state index in [1.54, 1.807) is 31.0 Å². The molecular weight excluding hydrogens is 842 g/mol. The van der Waals surface area contributed by atoms with E-state index in [0.29, 0.717) is 5.57 Å². The van der Waals surface area contributed by atoms with Crippen LogP contribution in [0.3, 0.4) is 0 Å². The summed E-state index contributed by atoms with van der Waals surface area (Å²) in [5, 5.41) is 10.1. The number of nitriles is 1. The first-order valence-corrected chi connectivity index (χ1v) is 20.5. The number of aromatic nitrogens is 5. The molecule has 6 aromatic rings. The van der Waals surface area contributed by atoms with Gasteiger partial charge in [-0.25, -0.2) is 0 Å². The molecule has 0 saturated carbocycles. The van der Waals surface area contributed by atoms with Crippen LogP contribution < -0.4 is 9.64 Å². The Morgan fingerprint density at radius 3 is 1.98 bits per heavy atom. The molecular formula is C51H48N8ORu. The average molecular weight is 890 g/mol. The molecule has 7 heterocycles. The van der Waals surface area contributed by atoms with Crippen molar-refractivity contribution in [2.75, 3.05) is 18.0 Å². The number of ether oxygens (including phenoxy) is 1. The van der Waals surface area contributed by atoms with Crippen LogP contribution in [0.25, 0.3) is 40.1 Å². The second-order valence-electron chi connectivity index (χ2n) is 14.3. The second-order valence-corrected chi connectivity index (χ2v) is 14.3. The van der Waals surface area contributed by atoms with Crippen molar-refractivity contribution in [3.05, 3.63) is 179 Å². The first-order valence-electron chi connectivity index (χ1n) is 20.5. The number of fused-ring (bicyclic) bond motifs is 2. The Bertz CT molecular complexity index is 2560. The van der Waals surface area contributed by atoms with Crippen LogP contribution in [-0.2, 0) is 19.5 Å². The fraction of sp³-hybridized carbons (Fsp3) is 0.196. The van der Waals surface area contributed by atoms with Crippen molar-refractivity contribution < 1.29 is 24.2 Å². The van der Waals surface area contributed by atoms with Gasteiger partial charge in [0.2, 0.25) is 0 Å². The minimum Gasteiger partial charge on any atom is -0.456 e. The van der Waals surface area contributed by atoms with Gasteiger partial charge in [-0.05, 0) is 160 Å². The molecule has 10 heteroatoms. The van der Waals surface area contributed by atoms with Crippen molar-refractivity contribution in [2.24, 2.45) is 4.99 Å². The van der Waals surface area contributed by atoms with Gasteiger partial charge < -0.3 is 9.64 Å². The molecule has 0 unspecified atom stereocenters. The number of aliphatic imine (C=N–C) groups is 1. The van der Waals surface area contributed by atoms with Crippen molar-refractivity contribution in [3.63, 3.8) is 0 Å². The number of pyridine rings is 5. The monoisotopic (exact) mass is 890 g/mol. The van der Waals surface area contributed by atoms with E-state index < -0.39 is 0 Å². The van der Waals surface area contributed by atoms with Crippen molar-refractivity contribution in [3.8, 4) is 34.6 Å².